The van der Waals surface area contributed by atoms with Crippen LogP contribution in [0.25, 0.3) is 4.24 Å². The molecule has 15 rings (SSSR count). The molecule has 4 N–H and O–H groups in total. The molecule has 386 valence electrons. The Bertz CT molecular complexity index is 4250. The van der Waals surface area contributed by atoms with Crippen LogP contribution >= 0.6 is 11.8 Å². The molecule has 7 aromatic carbocycles. The van der Waals surface area contributed by atoms with Gasteiger partial charge >= 0.3 is 29.6 Å². The van der Waals surface area contributed by atoms with E-state index in [1.807, 2.05) is 6.92 Å². The maximum absolute atomic E-state index is 13.4. The monoisotopic (exact) mass is 1110 g/mol. The molecule has 0 saturated heterocycles. The number of carbonyl (C=O) groups is 8. The Labute approximate surface area is 488 Å². The van der Waals surface area contributed by atoms with E-state index in [2.05, 4.69) is 24.9 Å². The SMILES string of the molecule is Cc1ccc(S(=O)(=O)[N-]Cl)cc1.O=C1C2=C(C(=O)c3ccccc31)C1Nc3ccc4c(c3[NH+]=C1C=C2)C(=O)c1ccccc1C4=O.O=C1C2=C(C(=O)c3ccccc31)C1Nc3ccc4c(c3[NH+]=C1C=C2)C(=O)c1ccccc1C4=O.[Na+]. The van der Waals surface area contributed by atoms with Crippen molar-refractivity contribution < 1.29 is 86.3 Å². The third-order valence-electron chi connectivity index (χ3n) is 15.2. The molecule has 18 heteroatoms. The van der Waals surface area contributed by atoms with Gasteiger partial charge in [0.05, 0.1) is 0 Å². The number of anilines is 2. The zero-order valence-electron chi connectivity index (χ0n) is 42.6. The average Bonchev–Trinajstić information content (AvgIpc) is 3.64. The fourth-order valence-corrected chi connectivity index (χ4v) is 12.1. The third-order valence-corrected chi connectivity index (χ3v) is 16.8. The van der Waals surface area contributed by atoms with Gasteiger partial charge in [0.15, 0.2) is 34.7 Å². The van der Waals surface area contributed by atoms with Crippen LogP contribution in [0.15, 0.2) is 197 Å². The molecule has 2 heterocycles. The smallest absolute Gasteiger partial charge is 0.458 e. The maximum atomic E-state index is 13.4. The normalized spacial score (nSPS) is 17.9. The zero-order valence-corrected chi connectivity index (χ0v) is 46.2. The van der Waals surface area contributed by atoms with E-state index >= 15 is 0 Å². The molecule has 0 radical (unpaired) electrons. The number of sulfonamides is 1. The average molecular weight is 1110 g/mol. The molecule has 81 heavy (non-hydrogen) atoms. The van der Waals surface area contributed by atoms with Crippen LogP contribution in [0, 0.1) is 6.92 Å². The van der Waals surface area contributed by atoms with Gasteiger partial charge in [-0.25, -0.2) is 18.4 Å². The van der Waals surface area contributed by atoms with E-state index in [1.54, 1.807) is 158 Å². The number of rotatable bonds is 2. The van der Waals surface area contributed by atoms with Crippen molar-refractivity contribution >= 4 is 102 Å². The van der Waals surface area contributed by atoms with Gasteiger partial charge in [0.25, 0.3) is 0 Å². The predicted octanol–water partition coefficient (Wildman–Crippen LogP) is 3.92. The van der Waals surface area contributed by atoms with Crippen LogP contribution in [-0.2, 0) is 10.0 Å². The number of hydrogen-bond donors (Lipinski definition) is 4. The van der Waals surface area contributed by atoms with Crippen molar-refractivity contribution in [2.75, 3.05) is 10.6 Å². The molecule has 15 nitrogen and oxygen atoms in total. The minimum atomic E-state index is -3.62. The van der Waals surface area contributed by atoms with E-state index in [0.29, 0.717) is 123 Å². The summed E-state index contributed by atoms with van der Waals surface area (Å²) in [5.41, 5.74) is 10.4. The second-order valence-electron chi connectivity index (χ2n) is 19.6. The number of Topliss-reactive ketones (excluding diaryl/α,β-unsaturated/α-hetero) is 4. The number of ketones is 8. The van der Waals surface area contributed by atoms with Crippen LogP contribution in [0.4, 0.5) is 22.7 Å². The van der Waals surface area contributed by atoms with Crippen molar-refractivity contribution in [1.29, 1.82) is 0 Å². The van der Waals surface area contributed by atoms with E-state index in [9.17, 15) is 46.8 Å². The Morgan fingerprint density at radius 2 is 0.741 bits per heavy atom. The topological polar surface area (TPSA) is 237 Å². The summed E-state index contributed by atoms with van der Waals surface area (Å²) in [6.07, 6.45) is 6.80. The number of hydrogen-bond acceptors (Lipinski definition) is 12. The molecule has 2 unspecified atom stereocenters. The number of nitrogens with one attached hydrogen (secondary N) is 4. The minimum Gasteiger partial charge on any atom is -0.458 e. The Morgan fingerprint density at radius 1 is 0.407 bits per heavy atom. The molecular weight excluding hydrogens is 1080 g/mol. The van der Waals surface area contributed by atoms with Crippen molar-refractivity contribution in [3.05, 3.63) is 269 Å². The molecule has 0 aromatic heterocycles. The summed E-state index contributed by atoms with van der Waals surface area (Å²) >= 11 is 4.90. The van der Waals surface area contributed by atoms with Crippen LogP contribution in [0.3, 0.4) is 0 Å². The van der Waals surface area contributed by atoms with Crippen LogP contribution in [0.5, 0.6) is 0 Å². The zero-order chi connectivity index (χ0) is 55.5. The van der Waals surface area contributed by atoms with E-state index in [1.165, 1.54) is 12.1 Å². The van der Waals surface area contributed by atoms with Crippen molar-refractivity contribution in [2.24, 2.45) is 0 Å². The van der Waals surface area contributed by atoms with E-state index in [0.717, 1.165) is 5.56 Å². The maximum Gasteiger partial charge on any atom is 1.00 e. The van der Waals surface area contributed by atoms with Gasteiger partial charge in [-0.15, -0.1) is 0 Å². The molecule has 0 bridgehead atoms. The summed E-state index contributed by atoms with van der Waals surface area (Å²) < 4.78 is 24.8. The molecule has 2 aliphatic heterocycles. The summed E-state index contributed by atoms with van der Waals surface area (Å²) in [6, 6.07) is 39.2. The number of halogens is 1. The van der Waals surface area contributed by atoms with Crippen molar-refractivity contribution in [2.45, 2.75) is 23.9 Å². The molecule has 0 saturated carbocycles. The van der Waals surface area contributed by atoms with Gasteiger partial charge in [-0.3, -0.25) is 50.1 Å². The van der Waals surface area contributed by atoms with Gasteiger partial charge in [-0.05, 0) is 55.5 Å². The van der Waals surface area contributed by atoms with Gasteiger partial charge in [0.2, 0.25) is 34.4 Å². The molecule has 8 aliphatic rings. The van der Waals surface area contributed by atoms with Gasteiger partial charge < -0.3 is 14.9 Å². The molecule has 2 atom stereocenters. The Balaban J connectivity index is 0.000000133. The Morgan fingerprint density at radius 3 is 1.10 bits per heavy atom. The summed E-state index contributed by atoms with van der Waals surface area (Å²) in [5, 5.41) is 6.69. The van der Waals surface area contributed by atoms with E-state index in [-0.39, 0.29) is 80.7 Å². The Kier molecular flexibility index (Phi) is 13.0. The molecule has 0 spiro atoms. The molecule has 6 aliphatic carbocycles. The summed E-state index contributed by atoms with van der Waals surface area (Å²) in [6.45, 7) is 1.87. The second-order valence-corrected chi connectivity index (χ2v) is 21.6. The molecule has 0 fully saturated rings. The van der Waals surface area contributed by atoms with Crippen LogP contribution in [0.2, 0.25) is 0 Å². The summed E-state index contributed by atoms with van der Waals surface area (Å²) in [4.78, 5) is 113. The number of carbonyl (C=O) groups excluding carboxylic acids is 8. The predicted molar refractivity (Wildman–Crippen MR) is 296 cm³/mol. The first kappa shape index (κ1) is 52.7. The van der Waals surface area contributed by atoms with Crippen LogP contribution in [0.1, 0.15) is 111 Å². The minimum absolute atomic E-state index is 0. The first-order chi connectivity index (χ1) is 38.6. The molecule has 7 aromatic rings. The summed E-state index contributed by atoms with van der Waals surface area (Å²) in [5.74, 6) is -1.62. The number of aryl methyl sites for hydroxylation is 1. The number of allylic oxidation sites excluding steroid dienone is 4. The Hall–Kier alpha value is -9.00. The van der Waals surface area contributed by atoms with Crippen molar-refractivity contribution in [1.82, 2.24) is 0 Å². The largest absolute Gasteiger partial charge is 1.00 e. The van der Waals surface area contributed by atoms with E-state index < -0.39 is 22.1 Å². The fourth-order valence-electron chi connectivity index (χ4n) is 11.3. The van der Waals surface area contributed by atoms with Crippen molar-refractivity contribution in [3.63, 3.8) is 0 Å². The first-order valence-electron chi connectivity index (χ1n) is 25.0. The number of fused-ring (bicyclic) bond motifs is 14. The van der Waals surface area contributed by atoms with Crippen LogP contribution in [-0.4, -0.2) is 78.2 Å². The third kappa shape index (κ3) is 8.28. The molecular formula is C63H37ClN5NaO10S+2. The summed E-state index contributed by atoms with van der Waals surface area (Å²) in [7, 11) is -3.62. The standard InChI is InChI=1S/2C28H14N2O4.C7H7ClNO2S.Na/c2*31-25-13-5-1-3-7-15(13)27(33)21-17(25)9-11-19-23(21)29-20-12-10-18-22(24(20)30-19)28(34)16-8-4-2-6-14(16)26(18)32;1-6-2-4-7(5-3-6)12(10,11)9-8;/h2*1-12,23,29H;2-5H,1H3;/q;;-1;+1/p+2. The van der Waals surface area contributed by atoms with E-state index in [4.69, 9.17) is 11.8 Å². The van der Waals surface area contributed by atoms with Crippen LogP contribution < -0.4 is 50.2 Å². The number of benzene rings is 7. The van der Waals surface area contributed by atoms with Gasteiger partial charge in [-0.2, -0.15) is 0 Å². The van der Waals surface area contributed by atoms with Gasteiger partial charge in [0.1, 0.15) is 44.6 Å². The van der Waals surface area contributed by atoms with Crippen molar-refractivity contribution in [3.8, 4) is 0 Å². The fraction of sp³-hybridized carbons (Fsp3) is 0.0476. The number of nitrogens with zero attached hydrogens (tertiary/aromatic N) is 1. The van der Waals surface area contributed by atoms with Gasteiger partial charge in [0, 0.05) is 95.0 Å². The quantitative estimate of drug-likeness (QED) is 0.180. The second kappa shape index (κ2) is 20.0. The first-order valence-corrected chi connectivity index (χ1v) is 26.8. The molecule has 0 amide bonds. The van der Waals surface area contributed by atoms with Gasteiger partial charge in [-0.1, -0.05) is 115 Å².